The molecule has 0 aliphatic heterocycles. The second-order valence-corrected chi connectivity index (χ2v) is 0.664. The van der Waals surface area contributed by atoms with Crippen LogP contribution in [0.3, 0.4) is 0 Å². The van der Waals surface area contributed by atoms with Crippen LogP contribution in [-0.2, 0) is 0 Å². The first-order chi connectivity index (χ1) is 2.41. The summed E-state index contributed by atoms with van der Waals surface area (Å²) in [6, 6.07) is 0. The van der Waals surface area contributed by atoms with Gasteiger partial charge in [-0.1, -0.05) is 0 Å². The molecule has 0 unspecified atom stereocenters. The quantitative estimate of drug-likeness (QED) is 0.407. The molecule has 0 aliphatic rings. The lowest BCUT2D eigenvalue weighted by molar-refractivity contribution is 1.25. The zero-order valence-corrected chi connectivity index (χ0v) is 3.44. The molecule has 0 saturated carbocycles. The lowest BCUT2D eigenvalue weighted by Crippen LogP contribution is -1.63. The third kappa shape index (κ3) is 3.67. The topological polar surface area (TPSA) is 12.4 Å². The first kappa shape index (κ1) is 4.67. The van der Waals surface area contributed by atoms with Gasteiger partial charge in [0.25, 0.3) is 0 Å². The van der Waals surface area contributed by atoms with Gasteiger partial charge in [0.15, 0.2) is 0 Å². The molecule has 0 fully saturated rings. The summed E-state index contributed by atoms with van der Waals surface area (Å²) < 4.78 is 0. The monoisotopic (exact) mass is 70.1 g/mol. The van der Waals surface area contributed by atoms with Crippen molar-refractivity contribution >= 4 is 6.21 Å². The molecule has 0 heterocycles. The molecule has 0 aromatic rings. The Hall–Kier alpha value is -0.330. The molecule has 1 radical (unpaired) electrons. The fraction of sp³-hybridized carbons (Fsp3) is 0.500. The Bertz CT molecular complexity index is 30.6. The normalized spacial score (nSPS) is 10.0. The van der Waals surface area contributed by atoms with Gasteiger partial charge < -0.3 is 0 Å². The maximum Gasteiger partial charge on any atom is 0.0385 e. The number of hydrogen-bond acceptors (Lipinski definition) is 1. The number of rotatable bonds is 1. The fourth-order valence-electron chi connectivity index (χ4n) is 0.129. The van der Waals surface area contributed by atoms with E-state index in [4.69, 9.17) is 0 Å². The maximum atomic E-state index is 3.74. The molecule has 1 heteroatoms. The zero-order valence-electron chi connectivity index (χ0n) is 3.44. The molecule has 0 aliphatic carbocycles. The van der Waals surface area contributed by atoms with Crippen LogP contribution in [0.25, 0.3) is 0 Å². The van der Waals surface area contributed by atoms with Crippen molar-refractivity contribution in [2.24, 2.45) is 4.99 Å². The van der Waals surface area contributed by atoms with Crippen LogP contribution < -0.4 is 0 Å². The number of aliphatic imine (C=N–C) groups is 1. The third-order valence-corrected chi connectivity index (χ3v) is 0.312. The second kappa shape index (κ2) is 3.67. The largest absolute Gasteiger partial charge is 0.298 e. The Labute approximate surface area is 32.7 Å². The summed E-state index contributed by atoms with van der Waals surface area (Å²) in [5, 5.41) is 0. The summed E-state index contributed by atoms with van der Waals surface area (Å²) in [5.41, 5.74) is 0. The molecule has 0 spiro atoms. The highest BCUT2D eigenvalue weighted by Crippen LogP contribution is 1.56. The maximum absolute atomic E-state index is 3.74. The van der Waals surface area contributed by atoms with E-state index in [-0.39, 0.29) is 0 Å². The summed E-state index contributed by atoms with van der Waals surface area (Å²) in [6.07, 6.45) is 1.74. The van der Waals surface area contributed by atoms with Crippen molar-refractivity contribution in [1.82, 2.24) is 0 Å². The highest BCUT2D eigenvalue weighted by Gasteiger charge is 1.51. The fourth-order valence-corrected chi connectivity index (χ4v) is 0.129. The molecule has 0 atom stereocenters. The predicted molar refractivity (Wildman–Crippen MR) is 24.4 cm³/mol. The van der Waals surface area contributed by atoms with Crippen molar-refractivity contribution in [3.63, 3.8) is 0 Å². The van der Waals surface area contributed by atoms with Gasteiger partial charge in [0, 0.05) is 6.54 Å². The van der Waals surface area contributed by atoms with E-state index in [0.29, 0.717) is 6.54 Å². The van der Waals surface area contributed by atoms with E-state index in [2.05, 4.69) is 11.9 Å². The van der Waals surface area contributed by atoms with Crippen molar-refractivity contribution in [3.05, 3.63) is 6.92 Å². The summed E-state index contributed by atoms with van der Waals surface area (Å²) in [7, 11) is 0. The van der Waals surface area contributed by atoms with Crippen LogP contribution in [-0.4, -0.2) is 12.8 Å². The van der Waals surface area contributed by atoms with Gasteiger partial charge in [0.1, 0.15) is 0 Å². The summed E-state index contributed by atoms with van der Waals surface area (Å²) >= 11 is 0. The van der Waals surface area contributed by atoms with Gasteiger partial charge in [-0.15, -0.1) is 0 Å². The molecule has 0 N–H and O–H groups in total. The van der Waals surface area contributed by atoms with Gasteiger partial charge >= 0.3 is 0 Å². The molecule has 0 bridgehead atoms. The first-order valence-corrected chi connectivity index (χ1v) is 1.65. The standard InChI is InChI=1S/C4H8N/c1-3-5-4-2/h4H,1,3H2,2H3. The molecule has 1 nitrogen and oxygen atoms in total. The van der Waals surface area contributed by atoms with E-state index in [1.54, 1.807) is 6.21 Å². The van der Waals surface area contributed by atoms with Crippen molar-refractivity contribution in [3.8, 4) is 0 Å². The number of hydrogen-bond donors (Lipinski definition) is 0. The molecule has 0 aromatic heterocycles. The Kier molecular flexibility index (Phi) is 3.43. The highest BCUT2D eigenvalue weighted by atomic mass is 14.7. The highest BCUT2D eigenvalue weighted by molar-refractivity contribution is 5.53. The van der Waals surface area contributed by atoms with Crippen LogP contribution in [0.2, 0.25) is 0 Å². The van der Waals surface area contributed by atoms with Crippen molar-refractivity contribution < 1.29 is 0 Å². The third-order valence-electron chi connectivity index (χ3n) is 0.312. The van der Waals surface area contributed by atoms with Gasteiger partial charge in [-0.2, -0.15) is 0 Å². The minimum Gasteiger partial charge on any atom is -0.298 e. The summed E-state index contributed by atoms with van der Waals surface area (Å²) in [6.45, 7) is 6.02. The molecule has 0 aromatic carbocycles. The van der Waals surface area contributed by atoms with Crippen LogP contribution in [0.1, 0.15) is 6.92 Å². The summed E-state index contributed by atoms with van der Waals surface area (Å²) in [5.74, 6) is 0. The average molecular weight is 70.1 g/mol. The SMILES string of the molecule is [CH2]CN=CC. The van der Waals surface area contributed by atoms with E-state index < -0.39 is 0 Å². The minimum absolute atomic E-state index is 0.663. The Morgan fingerprint density at radius 2 is 2.60 bits per heavy atom. The van der Waals surface area contributed by atoms with E-state index in [0.717, 1.165) is 0 Å². The first-order valence-electron chi connectivity index (χ1n) is 1.65. The zero-order chi connectivity index (χ0) is 4.12. The van der Waals surface area contributed by atoms with Gasteiger partial charge in [-0.05, 0) is 20.1 Å². The molecule has 0 saturated heterocycles. The molecular formula is C4H8N. The van der Waals surface area contributed by atoms with Crippen LogP contribution in [0.15, 0.2) is 4.99 Å². The van der Waals surface area contributed by atoms with Crippen molar-refractivity contribution in [2.75, 3.05) is 6.54 Å². The minimum atomic E-state index is 0.663. The molecular weight excluding hydrogens is 62.1 g/mol. The second-order valence-electron chi connectivity index (χ2n) is 0.664. The van der Waals surface area contributed by atoms with Crippen LogP contribution in [0.5, 0.6) is 0 Å². The van der Waals surface area contributed by atoms with E-state index in [9.17, 15) is 0 Å². The van der Waals surface area contributed by atoms with E-state index in [1.165, 1.54) is 0 Å². The van der Waals surface area contributed by atoms with Gasteiger partial charge in [-0.25, -0.2) is 0 Å². The molecule has 0 amide bonds. The Morgan fingerprint density at radius 3 is 2.60 bits per heavy atom. The van der Waals surface area contributed by atoms with Crippen molar-refractivity contribution in [1.29, 1.82) is 0 Å². The molecule has 29 valence electrons. The van der Waals surface area contributed by atoms with E-state index in [1.807, 2.05) is 6.92 Å². The average Bonchev–Trinajstić information content (AvgIpc) is 1.41. The lowest BCUT2D eigenvalue weighted by atomic mass is 10.8. The summed E-state index contributed by atoms with van der Waals surface area (Å²) in [4.78, 5) is 3.74. The lowest BCUT2D eigenvalue weighted by Gasteiger charge is -1.67. The van der Waals surface area contributed by atoms with Gasteiger partial charge in [0.05, 0.1) is 0 Å². The molecule has 5 heavy (non-hydrogen) atoms. The van der Waals surface area contributed by atoms with Crippen LogP contribution in [0.4, 0.5) is 0 Å². The Balaban J connectivity index is 2.62. The van der Waals surface area contributed by atoms with Crippen molar-refractivity contribution in [2.45, 2.75) is 6.92 Å². The van der Waals surface area contributed by atoms with Gasteiger partial charge in [-0.3, -0.25) is 4.99 Å². The Morgan fingerprint density at radius 1 is 2.00 bits per heavy atom. The van der Waals surface area contributed by atoms with E-state index >= 15 is 0 Å². The molecule has 0 rings (SSSR count). The number of nitrogens with zero attached hydrogens (tertiary/aromatic N) is 1. The predicted octanol–water partition coefficient (Wildman–Crippen LogP) is 0.911. The van der Waals surface area contributed by atoms with Crippen LogP contribution >= 0.6 is 0 Å². The van der Waals surface area contributed by atoms with Gasteiger partial charge in [0.2, 0.25) is 0 Å². The van der Waals surface area contributed by atoms with Crippen LogP contribution in [0, 0.1) is 6.92 Å². The smallest absolute Gasteiger partial charge is 0.0385 e.